The van der Waals surface area contributed by atoms with Crippen molar-refractivity contribution in [1.82, 2.24) is 14.9 Å². The fourth-order valence-corrected chi connectivity index (χ4v) is 3.91. The lowest BCUT2D eigenvalue weighted by atomic mass is 10.0. The first-order valence-corrected chi connectivity index (χ1v) is 11.1. The van der Waals surface area contributed by atoms with E-state index in [0.29, 0.717) is 11.4 Å². The van der Waals surface area contributed by atoms with Crippen molar-refractivity contribution in [2.75, 3.05) is 5.32 Å². The summed E-state index contributed by atoms with van der Waals surface area (Å²) in [6, 6.07) is 24.2. The third-order valence-electron chi connectivity index (χ3n) is 5.56. The van der Waals surface area contributed by atoms with Crippen molar-refractivity contribution in [1.29, 1.82) is 0 Å². The molecule has 1 aromatic heterocycles. The number of aromatic nitrogens is 2. The molecule has 2 amide bonds. The van der Waals surface area contributed by atoms with E-state index in [4.69, 9.17) is 4.98 Å². The molecule has 168 valence electrons. The normalized spacial score (nSPS) is 12.0. The largest absolute Gasteiger partial charge is 0.342 e. The molecule has 4 rings (SSSR count). The zero-order chi connectivity index (χ0) is 23.4. The smallest absolute Gasteiger partial charge is 0.251 e. The number of anilines is 1. The van der Waals surface area contributed by atoms with Crippen molar-refractivity contribution in [3.63, 3.8) is 0 Å². The summed E-state index contributed by atoms with van der Waals surface area (Å²) in [4.78, 5) is 30.7. The van der Waals surface area contributed by atoms with E-state index < -0.39 is 0 Å². The summed E-state index contributed by atoms with van der Waals surface area (Å²) in [5.74, 6) is 0.405. The van der Waals surface area contributed by atoms with Crippen LogP contribution in [0.3, 0.4) is 0 Å². The van der Waals surface area contributed by atoms with E-state index >= 15 is 0 Å². The van der Waals surface area contributed by atoms with Crippen LogP contribution in [0.15, 0.2) is 78.9 Å². The van der Waals surface area contributed by atoms with Crippen molar-refractivity contribution >= 4 is 28.5 Å². The van der Waals surface area contributed by atoms with Gasteiger partial charge in [-0.05, 0) is 54.8 Å². The molecule has 0 aliphatic carbocycles. The Bertz CT molecular complexity index is 1280. The van der Waals surface area contributed by atoms with Gasteiger partial charge >= 0.3 is 0 Å². The second-order valence-electron chi connectivity index (χ2n) is 8.52. The number of rotatable bonds is 7. The number of fused-ring (bicyclic) bond motifs is 1. The maximum Gasteiger partial charge on any atom is 0.251 e. The molecule has 0 unspecified atom stereocenters. The molecule has 0 saturated carbocycles. The molecular formula is C27H28N4O2. The molecular weight excluding hydrogens is 412 g/mol. The Hall–Kier alpha value is -3.93. The Morgan fingerprint density at radius 3 is 2.39 bits per heavy atom. The molecule has 0 spiro atoms. The number of para-hydroxylation sites is 2. The van der Waals surface area contributed by atoms with E-state index in [1.54, 1.807) is 12.1 Å². The maximum absolute atomic E-state index is 13.0. The first-order valence-electron chi connectivity index (χ1n) is 11.1. The molecule has 6 nitrogen and oxygen atoms in total. The van der Waals surface area contributed by atoms with Crippen LogP contribution in [0.4, 0.5) is 5.69 Å². The van der Waals surface area contributed by atoms with Crippen LogP contribution in [0.25, 0.3) is 11.0 Å². The molecule has 33 heavy (non-hydrogen) atoms. The minimum absolute atomic E-state index is 0.0630. The highest BCUT2D eigenvalue weighted by Gasteiger charge is 2.26. The van der Waals surface area contributed by atoms with Crippen LogP contribution in [-0.4, -0.2) is 21.4 Å². The third-order valence-corrected chi connectivity index (χ3v) is 5.56. The predicted molar refractivity (Wildman–Crippen MR) is 131 cm³/mol. The number of hydrogen-bond donors (Lipinski definition) is 2. The molecule has 0 aliphatic rings. The highest BCUT2D eigenvalue weighted by molar-refractivity contribution is 5.94. The second kappa shape index (κ2) is 9.69. The first kappa shape index (κ1) is 22.3. The van der Waals surface area contributed by atoms with Crippen LogP contribution in [0.1, 0.15) is 41.6 Å². The maximum atomic E-state index is 13.0. The van der Waals surface area contributed by atoms with E-state index in [2.05, 4.69) is 10.6 Å². The molecule has 3 aromatic carbocycles. The topological polar surface area (TPSA) is 76.0 Å². The lowest BCUT2D eigenvalue weighted by molar-refractivity contribution is -0.116. The lowest BCUT2D eigenvalue weighted by Crippen LogP contribution is -2.34. The first-order chi connectivity index (χ1) is 15.9. The Morgan fingerprint density at radius 2 is 1.67 bits per heavy atom. The Kier molecular flexibility index (Phi) is 6.54. The zero-order valence-electron chi connectivity index (χ0n) is 19.1. The van der Waals surface area contributed by atoms with Crippen LogP contribution in [0.2, 0.25) is 0 Å². The number of nitrogens with one attached hydrogen (secondary N) is 2. The van der Waals surface area contributed by atoms with Crippen molar-refractivity contribution in [2.24, 2.45) is 5.92 Å². The number of hydrogen-bond acceptors (Lipinski definition) is 3. The number of imidazole rings is 1. The molecule has 0 aliphatic heterocycles. The quantitative estimate of drug-likeness (QED) is 0.419. The van der Waals surface area contributed by atoms with E-state index in [1.807, 2.05) is 92.1 Å². The average molecular weight is 441 g/mol. The van der Waals surface area contributed by atoms with Crippen molar-refractivity contribution in [3.05, 3.63) is 95.8 Å². The van der Waals surface area contributed by atoms with Gasteiger partial charge in [0, 0.05) is 11.3 Å². The monoisotopic (exact) mass is 440 g/mol. The number of carbonyl (C=O) groups is 2. The van der Waals surface area contributed by atoms with Gasteiger partial charge in [-0.15, -0.1) is 0 Å². The highest BCUT2D eigenvalue weighted by atomic mass is 16.2. The van der Waals surface area contributed by atoms with Gasteiger partial charge in [-0.2, -0.15) is 0 Å². The van der Waals surface area contributed by atoms with Crippen LogP contribution < -0.4 is 10.6 Å². The molecule has 0 bridgehead atoms. The van der Waals surface area contributed by atoms with Crippen LogP contribution >= 0.6 is 0 Å². The minimum Gasteiger partial charge on any atom is -0.342 e. The molecule has 0 radical (unpaired) electrons. The number of amides is 2. The van der Waals surface area contributed by atoms with Gasteiger partial charge in [0.1, 0.15) is 12.4 Å². The van der Waals surface area contributed by atoms with Gasteiger partial charge < -0.3 is 15.2 Å². The molecule has 4 aromatic rings. The number of nitrogens with zero attached hydrogens (tertiary/aromatic N) is 2. The van der Waals surface area contributed by atoms with Gasteiger partial charge in [0.15, 0.2) is 0 Å². The number of aryl methyl sites for hydroxylation is 1. The van der Waals surface area contributed by atoms with Gasteiger partial charge in [0.25, 0.3) is 5.91 Å². The van der Waals surface area contributed by atoms with E-state index in [0.717, 1.165) is 22.3 Å². The van der Waals surface area contributed by atoms with Crippen LogP contribution in [0, 0.1) is 12.8 Å². The predicted octanol–water partition coefficient (Wildman–Crippen LogP) is 5.11. The highest BCUT2D eigenvalue weighted by Crippen LogP contribution is 2.26. The average Bonchev–Trinajstić information content (AvgIpc) is 3.15. The van der Waals surface area contributed by atoms with Gasteiger partial charge in [0.2, 0.25) is 5.91 Å². The standard InChI is InChI=1S/C27H28N4O2/c1-18(2)25(30-27(33)20-11-5-4-6-12-20)26-29-22-14-7-8-15-23(22)31(26)17-24(32)28-21-13-9-10-19(3)16-21/h4-16,18,25H,17H2,1-3H3,(H,28,32)(H,30,33)/t25-/m1/s1. The molecule has 1 atom stereocenters. The third kappa shape index (κ3) is 5.12. The Labute approximate surface area is 193 Å². The van der Waals surface area contributed by atoms with Crippen molar-refractivity contribution in [2.45, 2.75) is 33.4 Å². The van der Waals surface area contributed by atoms with Gasteiger partial charge in [-0.3, -0.25) is 9.59 Å². The van der Waals surface area contributed by atoms with Crippen LogP contribution in [0.5, 0.6) is 0 Å². The SMILES string of the molecule is Cc1cccc(NC(=O)Cn2c([C@H](NC(=O)c3ccccc3)C(C)C)nc3ccccc32)c1. The summed E-state index contributed by atoms with van der Waals surface area (Å²) in [5, 5.41) is 6.10. The van der Waals surface area contributed by atoms with E-state index in [-0.39, 0.29) is 30.3 Å². The Morgan fingerprint density at radius 1 is 0.939 bits per heavy atom. The van der Waals surface area contributed by atoms with Gasteiger partial charge in [-0.25, -0.2) is 4.98 Å². The summed E-state index contributed by atoms with van der Waals surface area (Å²) >= 11 is 0. The van der Waals surface area contributed by atoms with E-state index in [1.165, 1.54) is 0 Å². The van der Waals surface area contributed by atoms with Gasteiger partial charge in [0.05, 0.1) is 17.1 Å². The lowest BCUT2D eigenvalue weighted by Gasteiger charge is -2.23. The second-order valence-corrected chi connectivity index (χ2v) is 8.52. The summed E-state index contributed by atoms with van der Waals surface area (Å²) in [5.41, 5.74) is 4.05. The van der Waals surface area contributed by atoms with Crippen molar-refractivity contribution < 1.29 is 9.59 Å². The Balaban J connectivity index is 1.66. The minimum atomic E-state index is -0.364. The molecule has 0 saturated heterocycles. The van der Waals surface area contributed by atoms with E-state index in [9.17, 15) is 9.59 Å². The van der Waals surface area contributed by atoms with Gasteiger partial charge in [-0.1, -0.05) is 56.3 Å². The fraction of sp³-hybridized carbons (Fsp3) is 0.222. The summed E-state index contributed by atoms with van der Waals surface area (Å²) in [6.45, 7) is 6.15. The number of carbonyl (C=O) groups excluding carboxylic acids is 2. The molecule has 2 N–H and O–H groups in total. The van der Waals surface area contributed by atoms with Crippen molar-refractivity contribution in [3.8, 4) is 0 Å². The zero-order valence-corrected chi connectivity index (χ0v) is 19.1. The molecule has 1 heterocycles. The summed E-state index contributed by atoms with van der Waals surface area (Å²) < 4.78 is 1.90. The molecule has 0 fully saturated rings. The fourth-order valence-electron chi connectivity index (χ4n) is 3.91. The summed E-state index contributed by atoms with van der Waals surface area (Å²) in [7, 11) is 0. The number of benzene rings is 3. The summed E-state index contributed by atoms with van der Waals surface area (Å²) in [6.07, 6.45) is 0. The van der Waals surface area contributed by atoms with Crippen LogP contribution in [-0.2, 0) is 11.3 Å². The molecule has 6 heteroatoms.